The van der Waals surface area contributed by atoms with Gasteiger partial charge in [0.2, 0.25) is 5.91 Å². The SMILES string of the molecule is C=C(C)C(=O)NCCNC(=O)OC1CSCSC1. The molecule has 0 bridgehead atoms. The Labute approximate surface area is 115 Å². The normalized spacial score (nSPS) is 15.8. The van der Waals surface area contributed by atoms with Gasteiger partial charge in [-0.05, 0) is 6.92 Å². The van der Waals surface area contributed by atoms with Gasteiger partial charge in [-0.2, -0.15) is 0 Å². The molecule has 1 fully saturated rings. The van der Waals surface area contributed by atoms with Crippen molar-refractivity contribution in [1.29, 1.82) is 0 Å². The largest absolute Gasteiger partial charge is 0.444 e. The van der Waals surface area contributed by atoms with E-state index in [2.05, 4.69) is 17.2 Å². The molecule has 7 heteroatoms. The maximum absolute atomic E-state index is 11.4. The quantitative estimate of drug-likeness (QED) is 0.588. The van der Waals surface area contributed by atoms with E-state index in [-0.39, 0.29) is 12.0 Å². The van der Waals surface area contributed by atoms with Gasteiger partial charge < -0.3 is 15.4 Å². The van der Waals surface area contributed by atoms with Gasteiger partial charge in [-0.15, -0.1) is 23.5 Å². The average molecular weight is 290 g/mol. The number of rotatable bonds is 5. The zero-order valence-corrected chi connectivity index (χ0v) is 12.0. The molecule has 0 saturated carbocycles. The lowest BCUT2D eigenvalue weighted by Gasteiger charge is -2.21. The third kappa shape index (κ3) is 6.20. The number of amides is 2. The number of ether oxygens (including phenoxy) is 1. The number of carbonyl (C=O) groups is 2. The van der Waals surface area contributed by atoms with Crippen molar-refractivity contribution in [2.45, 2.75) is 13.0 Å². The Hall–Kier alpha value is -0.820. The molecule has 1 rings (SSSR count). The lowest BCUT2D eigenvalue weighted by Crippen LogP contribution is -2.37. The first-order chi connectivity index (χ1) is 8.59. The summed E-state index contributed by atoms with van der Waals surface area (Å²) in [5.41, 5.74) is 0.453. The highest BCUT2D eigenvalue weighted by atomic mass is 32.2. The minimum Gasteiger partial charge on any atom is -0.444 e. The van der Waals surface area contributed by atoms with Crippen LogP contribution in [-0.2, 0) is 9.53 Å². The van der Waals surface area contributed by atoms with E-state index < -0.39 is 6.09 Å². The van der Waals surface area contributed by atoms with Crippen LogP contribution in [-0.4, -0.2) is 47.8 Å². The molecule has 2 amide bonds. The number of thioether (sulfide) groups is 2. The highest BCUT2D eigenvalue weighted by Gasteiger charge is 2.17. The Bertz CT molecular complexity index is 317. The number of alkyl carbamates (subject to hydrolysis) is 1. The van der Waals surface area contributed by atoms with E-state index in [0.29, 0.717) is 18.7 Å². The summed E-state index contributed by atoms with van der Waals surface area (Å²) in [4.78, 5) is 22.6. The van der Waals surface area contributed by atoms with Crippen LogP contribution in [0.15, 0.2) is 12.2 Å². The van der Waals surface area contributed by atoms with Crippen molar-refractivity contribution < 1.29 is 14.3 Å². The first kappa shape index (κ1) is 15.2. The van der Waals surface area contributed by atoms with Gasteiger partial charge in [0.25, 0.3) is 0 Å². The molecule has 0 radical (unpaired) electrons. The summed E-state index contributed by atoms with van der Waals surface area (Å²) in [5, 5.41) is 6.29. The molecule has 1 saturated heterocycles. The van der Waals surface area contributed by atoms with Gasteiger partial charge in [-0.25, -0.2) is 4.79 Å². The molecule has 18 heavy (non-hydrogen) atoms. The number of hydrogen-bond acceptors (Lipinski definition) is 5. The van der Waals surface area contributed by atoms with Gasteiger partial charge in [-0.1, -0.05) is 6.58 Å². The van der Waals surface area contributed by atoms with Crippen molar-refractivity contribution in [3.63, 3.8) is 0 Å². The topological polar surface area (TPSA) is 67.4 Å². The van der Waals surface area contributed by atoms with Gasteiger partial charge in [0.1, 0.15) is 6.10 Å². The fraction of sp³-hybridized carbons (Fsp3) is 0.636. The smallest absolute Gasteiger partial charge is 0.407 e. The Balaban J connectivity index is 2.06. The predicted octanol–water partition coefficient (Wildman–Crippen LogP) is 1.21. The Kier molecular flexibility index (Phi) is 7.04. The fourth-order valence-corrected chi connectivity index (χ4v) is 3.51. The second kappa shape index (κ2) is 8.31. The summed E-state index contributed by atoms with van der Waals surface area (Å²) in [6.07, 6.45) is -0.438. The van der Waals surface area contributed by atoms with Crippen LogP contribution in [0.4, 0.5) is 4.79 Å². The van der Waals surface area contributed by atoms with Gasteiger partial charge in [0, 0.05) is 35.3 Å². The molecule has 102 valence electrons. The highest BCUT2D eigenvalue weighted by Crippen LogP contribution is 2.22. The van der Waals surface area contributed by atoms with Crippen molar-refractivity contribution in [1.82, 2.24) is 10.6 Å². The van der Waals surface area contributed by atoms with Crippen LogP contribution in [0.5, 0.6) is 0 Å². The summed E-state index contributed by atoms with van der Waals surface area (Å²) in [7, 11) is 0. The minimum atomic E-state index is -0.423. The molecule has 1 aliphatic rings. The number of nitrogens with one attached hydrogen (secondary N) is 2. The third-order valence-electron chi connectivity index (χ3n) is 2.12. The van der Waals surface area contributed by atoms with Crippen molar-refractivity contribution in [3.05, 3.63) is 12.2 Å². The summed E-state index contributed by atoms with van der Waals surface area (Å²) >= 11 is 3.54. The van der Waals surface area contributed by atoms with Crippen LogP contribution in [0.1, 0.15) is 6.92 Å². The molecule has 1 heterocycles. The predicted molar refractivity (Wildman–Crippen MR) is 75.9 cm³/mol. The molecular weight excluding hydrogens is 272 g/mol. The van der Waals surface area contributed by atoms with Crippen molar-refractivity contribution >= 4 is 35.5 Å². The van der Waals surface area contributed by atoms with Crippen molar-refractivity contribution in [3.8, 4) is 0 Å². The van der Waals surface area contributed by atoms with Crippen LogP contribution < -0.4 is 10.6 Å². The fourth-order valence-electron chi connectivity index (χ4n) is 1.22. The molecule has 0 spiro atoms. The number of hydrogen-bond donors (Lipinski definition) is 2. The zero-order chi connectivity index (χ0) is 13.4. The number of carbonyl (C=O) groups excluding carboxylic acids is 2. The van der Waals surface area contributed by atoms with E-state index >= 15 is 0 Å². The first-order valence-corrected chi connectivity index (χ1v) is 7.94. The maximum Gasteiger partial charge on any atom is 0.407 e. The molecular formula is C11H18N2O3S2. The third-order valence-corrected chi connectivity index (χ3v) is 4.66. The molecule has 5 nitrogen and oxygen atoms in total. The van der Waals surface area contributed by atoms with Gasteiger partial charge in [-0.3, -0.25) is 4.79 Å². The van der Waals surface area contributed by atoms with Crippen LogP contribution in [0, 0.1) is 0 Å². The van der Waals surface area contributed by atoms with Crippen LogP contribution in [0.2, 0.25) is 0 Å². The summed E-state index contributed by atoms with van der Waals surface area (Å²) in [6, 6.07) is 0. The van der Waals surface area contributed by atoms with Gasteiger partial charge >= 0.3 is 6.09 Å². The van der Waals surface area contributed by atoms with Crippen molar-refractivity contribution in [2.24, 2.45) is 0 Å². The Morgan fingerprint density at radius 1 is 1.28 bits per heavy atom. The van der Waals surface area contributed by atoms with Gasteiger partial charge in [0.15, 0.2) is 0 Å². The average Bonchev–Trinajstić information content (AvgIpc) is 2.35. The monoisotopic (exact) mass is 290 g/mol. The van der Waals surface area contributed by atoms with E-state index in [0.717, 1.165) is 16.6 Å². The lowest BCUT2D eigenvalue weighted by atomic mass is 10.3. The van der Waals surface area contributed by atoms with Crippen LogP contribution in [0.3, 0.4) is 0 Å². The Morgan fingerprint density at radius 3 is 2.50 bits per heavy atom. The Morgan fingerprint density at radius 2 is 1.89 bits per heavy atom. The molecule has 0 aromatic carbocycles. The molecule has 2 N–H and O–H groups in total. The second-order valence-corrected chi connectivity index (χ2v) is 6.28. The summed E-state index contributed by atoms with van der Waals surface area (Å²) < 4.78 is 5.22. The molecule has 0 aromatic rings. The van der Waals surface area contributed by atoms with E-state index in [1.165, 1.54) is 0 Å². The van der Waals surface area contributed by atoms with Gasteiger partial charge in [0.05, 0.1) is 0 Å². The maximum atomic E-state index is 11.4. The van der Waals surface area contributed by atoms with Crippen LogP contribution in [0.25, 0.3) is 0 Å². The molecule has 0 aromatic heterocycles. The van der Waals surface area contributed by atoms with E-state index in [1.807, 2.05) is 0 Å². The molecule has 0 aliphatic carbocycles. The van der Waals surface area contributed by atoms with E-state index in [9.17, 15) is 9.59 Å². The first-order valence-electron chi connectivity index (χ1n) is 5.63. The van der Waals surface area contributed by atoms with Crippen LogP contribution >= 0.6 is 23.5 Å². The highest BCUT2D eigenvalue weighted by molar-refractivity contribution is 8.16. The lowest BCUT2D eigenvalue weighted by molar-refractivity contribution is -0.117. The second-order valence-electron chi connectivity index (χ2n) is 3.85. The molecule has 1 aliphatic heterocycles. The van der Waals surface area contributed by atoms with E-state index in [1.54, 1.807) is 30.4 Å². The summed E-state index contributed by atoms with van der Waals surface area (Å²) in [6.45, 7) is 5.87. The van der Waals surface area contributed by atoms with E-state index in [4.69, 9.17) is 4.74 Å². The molecule has 0 unspecified atom stereocenters. The minimum absolute atomic E-state index is 0.0150. The zero-order valence-electron chi connectivity index (χ0n) is 10.4. The molecule has 0 atom stereocenters. The standard InChI is InChI=1S/C11H18N2O3S2/c1-8(2)10(14)12-3-4-13-11(15)16-9-5-17-7-18-6-9/h9H,1,3-7H2,2H3,(H,12,14)(H,13,15). The van der Waals surface area contributed by atoms with Crippen molar-refractivity contribution in [2.75, 3.05) is 29.7 Å². The summed E-state index contributed by atoms with van der Waals surface area (Å²) in [5.74, 6) is 1.50.